The zero-order valence-electron chi connectivity index (χ0n) is 15.3. The van der Waals surface area contributed by atoms with Gasteiger partial charge < -0.3 is 14.8 Å². The van der Waals surface area contributed by atoms with E-state index in [1.807, 2.05) is 47.8 Å². The number of carbonyl (C=O) groups is 2. The first kappa shape index (κ1) is 19.6. The molecule has 3 rings (SSSR count). The van der Waals surface area contributed by atoms with Crippen LogP contribution in [0.2, 0.25) is 0 Å². The van der Waals surface area contributed by atoms with Gasteiger partial charge in [0.25, 0.3) is 5.91 Å². The SMILES string of the molecule is O=C(COC(=O)c1cccc(OCc2ccccc2)c1)NCCc1cccs1. The highest BCUT2D eigenvalue weighted by Crippen LogP contribution is 2.16. The van der Waals surface area contributed by atoms with Crippen LogP contribution in [-0.2, 0) is 22.6 Å². The van der Waals surface area contributed by atoms with Crippen molar-refractivity contribution in [3.8, 4) is 5.75 Å². The van der Waals surface area contributed by atoms with Crippen LogP contribution in [-0.4, -0.2) is 25.0 Å². The highest BCUT2D eigenvalue weighted by Gasteiger charge is 2.11. The van der Waals surface area contributed by atoms with E-state index in [2.05, 4.69) is 5.32 Å². The van der Waals surface area contributed by atoms with Gasteiger partial charge in [0.1, 0.15) is 12.4 Å². The fraction of sp³-hybridized carbons (Fsp3) is 0.182. The minimum atomic E-state index is -0.557. The molecule has 1 N–H and O–H groups in total. The first-order chi connectivity index (χ1) is 13.7. The van der Waals surface area contributed by atoms with Crippen molar-refractivity contribution in [2.75, 3.05) is 13.2 Å². The van der Waals surface area contributed by atoms with Crippen LogP contribution in [0.3, 0.4) is 0 Å². The molecule has 6 heteroatoms. The molecule has 0 bridgehead atoms. The van der Waals surface area contributed by atoms with Gasteiger partial charge >= 0.3 is 5.97 Å². The molecule has 0 aliphatic heterocycles. The number of hydrogen-bond donors (Lipinski definition) is 1. The number of hydrogen-bond acceptors (Lipinski definition) is 5. The Morgan fingerprint density at radius 3 is 2.61 bits per heavy atom. The van der Waals surface area contributed by atoms with Crippen LogP contribution in [0.25, 0.3) is 0 Å². The standard InChI is InChI=1S/C22H21NO4S/c24-21(23-12-11-20-10-5-13-28-20)16-27-22(25)18-8-4-9-19(14-18)26-15-17-6-2-1-3-7-17/h1-10,13-14H,11-12,15-16H2,(H,23,24). The van der Waals surface area contributed by atoms with E-state index in [1.165, 1.54) is 4.88 Å². The lowest BCUT2D eigenvalue weighted by Crippen LogP contribution is -2.30. The van der Waals surface area contributed by atoms with E-state index in [0.717, 1.165) is 12.0 Å². The first-order valence-electron chi connectivity index (χ1n) is 8.94. The van der Waals surface area contributed by atoms with Crippen molar-refractivity contribution in [2.24, 2.45) is 0 Å². The Morgan fingerprint density at radius 1 is 0.964 bits per heavy atom. The van der Waals surface area contributed by atoms with Crippen molar-refractivity contribution in [3.05, 3.63) is 88.1 Å². The number of ether oxygens (including phenoxy) is 2. The molecule has 3 aromatic rings. The fourth-order valence-corrected chi connectivity index (χ4v) is 3.21. The van der Waals surface area contributed by atoms with Crippen molar-refractivity contribution in [3.63, 3.8) is 0 Å². The second kappa shape index (κ2) is 10.3. The number of esters is 1. The van der Waals surface area contributed by atoms with Gasteiger partial charge in [0.05, 0.1) is 5.56 Å². The van der Waals surface area contributed by atoms with E-state index in [9.17, 15) is 9.59 Å². The highest BCUT2D eigenvalue weighted by molar-refractivity contribution is 7.09. The van der Waals surface area contributed by atoms with Crippen LogP contribution in [0.1, 0.15) is 20.8 Å². The van der Waals surface area contributed by atoms with Gasteiger partial charge in [-0.2, -0.15) is 0 Å². The van der Waals surface area contributed by atoms with Crippen molar-refractivity contribution >= 4 is 23.2 Å². The van der Waals surface area contributed by atoms with E-state index in [0.29, 0.717) is 24.5 Å². The van der Waals surface area contributed by atoms with E-state index in [4.69, 9.17) is 9.47 Å². The largest absolute Gasteiger partial charge is 0.489 e. The number of carbonyl (C=O) groups excluding carboxylic acids is 2. The number of rotatable bonds is 9. The van der Waals surface area contributed by atoms with Gasteiger partial charge in [-0.15, -0.1) is 11.3 Å². The Bertz CT molecular complexity index is 894. The van der Waals surface area contributed by atoms with E-state index in [1.54, 1.807) is 35.6 Å². The summed E-state index contributed by atoms with van der Waals surface area (Å²) in [5.74, 6) is -0.307. The maximum atomic E-state index is 12.2. The zero-order chi connectivity index (χ0) is 19.6. The summed E-state index contributed by atoms with van der Waals surface area (Å²) in [6, 6.07) is 20.5. The Morgan fingerprint density at radius 2 is 1.82 bits per heavy atom. The molecule has 144 valence electrons. The topological polar surface area (TPSA) is 64.6 Å². The first-order valence-corrected chi connectivity index (χ1v) is 9.81. The fourth-order valence-electron chi connectivity index (χ4n) is 2.50. The summed E-state index contributed by atoms with van der Waals surface area (Å²) in [6.07, 6.45) is 0.762. The van der Waals surface area contributed by atoms with Gasteiger partial charge in [-0.1, -0.05) is 42.5 Å². The lowest BCUT2D eigenvalue weighted by Gasteiger charge is -2.09. The molecule has 0 unspecified atom stereocenters. The number of amides is 1. The van der Waals surface area contributed by atoms with Crippen molar-refractivity contribution in [1.29, 1.82) is 0 Å². The van der Waals surface area contributed by atoms with Crippen molar-refractivity contribution < 1.29 is 19.1 Å². The molecule has 0 aliphatic rings. The predicted molar refractivity (Wildman–Crippen MR) is 109 cm³/mol. The lowest BCUT2D eigenvalue weighted by molar-refractivity contribution is -0.124. The summed E-state index contributed by atoms with van der Waals surface area (Å²) in [5.41, 5.74) is 1.38. The van der Waals surface area contributed by atoms with E-state index < -0.39 is 5.97 Å². The molecule has 0 spiro atoms. The van der Waals surface area contributed by atoms with Crippen LogP contribution in [0.5, 0.6) is 5.75 Å². The van der Waals surface area contributed by atoms with Crippen LogP contribution < -0.4 is 10.1 Å². The molecule has 0 atom stereocenters. The number of thiophene rings is 1. The second-order valence-electron chi connectivity index (χ2n) is 6.06. The Balaban J connectivity index is 1.42. The van der Waals surface area contributed by atoms with Gasteiger partial charge in [0, 0.05) is 11.4 Å². The zero-order valence-corrected chi connectivity index (χ0v) is 16.1. The molecule has 0 fully saturated rings. The van der Waals surface area contributed by atoms with Crippen LogP contribution in [0.4, 0.5) is 0 Å². The van der Waals surface area contributed by atoms with Crippen molar-refractivity contribution in [2.45, 2.75) is 13.0 Å². The molecular weight excluding hydrogens is 374 g/mol. The average molecular weight is 395 g/mol. The van der Waals surface area contributed by atoms with Crippen molar-refractivity contribution in [1.82, 2.24) is 5.32 Å². The summed E-state index contributed by atoms with van der Waals surface area (Å²) in [5, 5.41) is 4.74. The molecule has 1 amide bonds. The summed E-state index contributed by atoms with van der Waals surface area (Å²) < 4.78 is 10.8. The third-order valence-electron chi connectivity index (χ3n) is 3.93. The van der Waals surface area contributed by atoms with Gasteiger partial charge in [-0.25, -0.2) is 4.79 Å². The number of benzene rings is 2. The van der Waals surface area contributed by atoms with Crippen LogP contribution >= 0.6 is 11.3 Å². The normalized spacial score (nSPS) is 10.3. The molecule has 28 heavy (non-hydrogen) atoms. The quantitative estimate of drug-likeness (QED) is 0.559. The van der Waals surface area contributed by atoms with Crippen LogP contribution in [0.15, 0.2) is 72.1 Å². The molecule has 0 radical (unpaired) electrons. The van der Waals surface area contributed by atoms with E-state index >= 15 is 0 Å². The van der Waals surface area contributed by atoms with Gasteiger partial charge in [0.2, 0.25) is 0 Å². The molecule has 0 aliphatic carbocycles. The van der Waals surface area contributed by atoms with Crippen LogP contribution in [0, 0.1) is 0 Å². The predicted octanol–water partition coefficient (Wildman–Crippen LogP) is 3.84. The molecule has 0 saturated heterocycles. The second-order valence-corrected chi connectivity index (χ2v) is 7.09. The summed E-state index contributed by atoms with van der Waals surface area (Å²) in [7, 11) is 0. The lowest BCUT2D eigenvalue weighted by atomic mass is 10.2. The highest BCUT2D eigenvalue weighted by atomic mass is 32.1. The smallest absolute Gasteiger partial charge is 0.338 e. The average Bonchev–Trinajstić information content (AvgIpc) is 3.25. The summed E-state index contributed by atoms with van der Waals surface area (Å²) in [4.78, 5) is 25.2. The Labute approximate surface area is 167 Å². The monoisotopic (exact) mass is 395 g/mol. The molecule has 1 heterocycles. The molecule has 0 saturated carbocycles. The maximum Gasteiger partial charge on any atom is 0.338 e. The molecule has 5 nitrogen and oxygen atoms in total. The minimum absolute atomic E-state index is 0.307. The minimum Gasteiger partial charge on any atom is -0.489 e. The molecule has 2 aromatic carbocycles. The summed E-state index contributed by atoms with van der Waals surface area (Å²) >= 11 is 1.65. The van der Waals surface area contributed by atoms with Gasteiger partial charge in [-0.3, -0.25) is 4.79 Å². The maximum absolute atomic E-state index is 12.2. The Hall–Kier alpha value is -3.12. The third kappa shape index (κ3) is 6.25. The number of nitrogens with one attached hydrogen (secondary N) is 1. The molecule has 1 aromatic heterocycles. The molecular formula is C22H21NO4S. The van der Waals surface area contributed by atoms with E-state index in [-0.39, 0.29) is 12.5 Å². The van der Waals surface area contributed by atoms with Gasteiger partial charge in [-0.05, 0) is 41.6 Å². The Kier molecular flexibility index (Phi) is 7.21. The summed E-state index contributed by atoms with van der Waals surface area (Å²) in [6.45, 7) is 0.615. The van der Waals surface area contributed by atoms with Gasteiger partial charge in [0.15, 0.2) is 6.61 Å². The third-order valence-corrected chi connectivity index (χ3v) is 4.86.